The Balaban J connectivity index is 1.43. The number of hydrogen-bond donors (Lipinski definition) is 2. The Morgan fingerprint density at radius 2 is 1.76 bits per heavy atom. The fourth-order valence-corrected chi connectivity index (χ4v) is 6.07. The summed E-state index contributed by atoms with van der Waals surface area (Å²) in [7, 11) is 0. The maximum atomic E-state index is 13.1. The van der Waals surface area contributed by atoms with E-state index in [4.69, 9.17) is 20.9 Å². The van der Waals surface area contributed by atoms with E-state index in [0.717, 1.165) is 16.5 Å². The molecule has 10 nitrogen and oxygen atoms in total. The number of nitrogen functional groups attached to an aromatic ring is 2. The lowest BCUT2D eigenvalue weighted by Crippen LogP contribution is -2.46. The van der Waals surface area contributed by atoms with Gasteiger partial charge in [-0.05, 0) is 42.7 Å². The van der Waals surface area contributed by atoms with E-state index < -0.39 is 23.7 Å². The van der Waals surface area contributed by atoms with Crippen molar-refractivity contribution in [1.29, 1.82) is 0 Å². The Bertz CT molecular complexity index is 1770. The van der Waals surface area contributed by atoms with E-state index in [-0.39, 0.29) is 29.7 Å². The smallest absolute Gasteiger partial charge is 0.308 e. The van der Waals surface area contributed by atoms with Crippen LogP contribution in [0.2, 0.25) is 0 Å². The third-order valence-electron chi connectivity index (χ3n) is 8.40. The van der Waals surface area contributed by atoms with E-state index in [1.165, 1.54) is 6.33 Å². The highest BCUT2D eigenvalue weighted by atomic mass is 16.6. The minimum atomic E-state index is -0.806. The molecule has 1 aromatic carbocycles. The fourth-order valence-electron chi connectivity index (χ4n) is 6.07. The number of ether oxygens (including phenoxy) is 2. The van der Waals surface area contributed by atoms with Gasteiger partial charge in [0.25, 0.3) is 0 Å². The van der Waals surface area contributed by atoms with Gasteiger partial charge in [0, 0.05) is 11.6 Å². The zero-order valence-corrected chi connectivity index (χ0v) is 24.1. The summed E-state index contributed by atoms with van der Waals surface area (Å²) in [5, 5.41) is 1.69. The molecule has 5 atom stereocenters. The van der Waals surface area contributed by atoms with Gasteiger partial charge >= 0.3 is 11.9 Å². The predicted octanol–water partition coefficient (Wildman–Crippen LogP) is 4.09. The molecule has 3 aromatic heterocycles. The van der Waals surface area contributed by atoms with E-state index in [0.29, 0.717) is 35.5 Å². The Morgan fingerprint density at radius 3 is 2.48 bits per heavy atom. The van der Waals surface area contributed by atoms with Crippen LogP contribution in [0.5, 0.6) is 0 Å². The number of nitrogens with two attached hydrogens (primary N) is 2. The maximum Gasteiger partial charge on any atom is 0.308 e. The van der Waals surface area contributed by atoms with Gasteiger partial charge in [0.15, 0.2) is 12.2 Å². The van der Waals surface area contributed by atoms with Crippen LogP contribution >= 0.6 is 0 Å². The number of benzene rings is 1. The summed E-state index contributed by atoms with van der Waals surface area (Å²) < 4.78 is 14.4. The molecule has 1 fully saturated rings. The number of nitrogens with zero attached hydrogens (tertiary/aromatic N) is 4. The predicted molar refractivity (Wildman–Crippen MR) is 159 cm³/mol. The summed E-state index contributed by atoms with van der Waals surface area (Å²) in [4.78, 5) is 39.3. The van der Waals surface area contributed by atoms with Crippen molar-refractivity contribution in [3.05, 3.63) is 54.5 Å². The lowest BCUT2D eigenvalue weighted by atomic mass is 9.66. The summed E-state index contributed by atoms with van der Waals surface area (Å²) >= 11 is 0. The lowest BCUT2D eigenvalue weighted by Gasteiger charge is -2.38. The second-order valence-corrected chi connectivity index (χ2v) is 11.8. The van der Waals surface area contributed by atoms with Crippen LogP contribution in [0, 0.1) is 35.0 Å². The molecule has 2 aliphatic rings. The second kappa shape index (κ2) is 10.3. The molecule has 2 aliphatic carbocycles. The summed E-state index contributed by atoms with van der Waals surface area (Å²) in [6.45, 7) is 7.13. The average Bonchev–Trinajstić information content (AvgIpc) is 3.44. The monoisotopic (exact) mass is 566 g/mol. The first kappa shape index (κ1) is 27.5. The molecule has 4 N–H and O–H groups in total. The fraction of sp³-hybridized carbons (Fsp3) is 0.406. The van der Waals surface area contributed by atoms with Crippen molar-refractivity contribution in [2.45, 2.75) is 58.8 Å². The Morgan fingerprint density at radius 1 is 1.02 bits per heavy atom. The Kier molecular flexibility index (Phi) is 6.76. The van der Waals surface area contributed by atoms with Crippen LogP contribution in [0.1, 0.15) is 45.7 Å². The third kappa shape index (κ3) is 4.49. The number of carbonyl (C=O) groups excluding carboxylic acids is 2. The molecule has 10 heteroatoms. The first-order chi connectivity index (χ1) is 20.1. The number of aromatic nitrogens is 4. The van der Waals surface area contributed by atoms with Crippen molar-refractivity contribution < 1.29 is 19.1 Å². The van der Waals surface area contributed by atoms with Gasteiger partial charge in [0.1, 0.15) is 23.6 Å². The van der Waals surface area contributed by atoms with Gasteiger partial charge in [0.2, 0.25) is 0 Å². The largest absolute Gasteiger partial charge is 0.456 e. The van der Waals surface area contributed by atoms with Crippen molar-refractivity contribution in [2.75, 3.05) is 11.5 Å². The van der Waals surface area contributed by atoms with Crippen LogP contribution < -0.4 is 11.5 Å². The van der Waals surface area contributed by atoms with E-state index in [2.05, 4.69) is 32.9 Å². The minimum Gasteiger partial charge on any atom is -0.456 e. The van der Waals surface area contributed by atoms with Gasteiger partial charge in [0.05, 0.1) is 40.1 Å². The van der Waals surface area contributed by atoms with E-state index in [1.807, 2.05) is 35.0 Å². The molecular weight excluding hydrogens is 532 g/mol. The Labute approximate surface area is 243 Å². The number of rotatable bonds is 8. The first-order valence-electron chi connectivity index (χ1n) is 14.2. The number of carbonyl (C=O) groups is 2. The van der Waals surface area contributed by atoms with Crippen LogP contribution in [0.15, 0.2) is 48.9 Å². The molecule has 42 heavy (non-hydrogen) atoms. The van der Waals surface area contributed by atoms with Crippen LogP contribution in [0.4, 0.5) is 11.6 Å². The summed E-state index contributed by atoms with van der Waals surface area (Å²) in [5.41, 5.74) is 13.8. The van der Waals surface area contributed by atoms with E-state index >= 15 is 0 Å². The van der Waals surface area contributed by atoms with Gasteiger partial charge in [-0.3, -0.25) is 9.59 Å². The SMILES string of the molecule is CC(C)C(=O)O[C@H]1[C@H](n2ccc3c(N)ncnc32)[C@H]2C#C[C@@]2(CCc2ccc3ccc(N)nc3c2)[C@H]1OC(=O)C(C)C. The highest BCUT2D eigenvalue weighted by Gasteiger charge is 2.66. The maximum absolute atomic E-state index is 13.1. The van der Waals surface area contributed by atoms with Crippen molar-refractivity contribution >= 4 is 45.5 Å². The van der Waals surface area contributed by atoms with Crippen molar-refractivity contribution in [3.8, 4) is 11.8 Å². The highest BCUT2D eigenvalue weighted by molar-refractivity contribution is 5.86. The zero-order chi connectivity index (χ0) is 29.8. The third-order valence-corrected chi connectivity index (χ3v) is 8.40. The number of anilines is 2. The summed E-state index contributed by atoms with van der Waals surface area (Å²) in [6.07, 6.45) is 2.92. The molecule has 0 bridgehead atoms. The standard InChI is InChI=1S/C32H34N6O4/c1-17(2)30(39)41-26-25(38-14-11-21-28(34)35-16-36-29(21)38)22-10-13-32(22,27(26)42-31(40)18(3)4)12-9-19-5-6-20-7-8-24(33)37-23(20)15-19/h5-8,11,14-18,22,25-27H,9,12H2,1-4H3,(H2,33,37)(H2,34,35,36)/t22-,25-,26+,27+,32-/m1/s1. The molecular formula is C32H34N6O4. The van der Waals surface area contributed by atoms with Crippen LogP contribution in [0.25, 0.3) is 21.9 Å². The average molecular weight is 567 g/mol. The summed E-state index contributed by atoms with van der Waals surface area (Å²) in [6, 6.07) is 11.2. The molecule has 0 aliphatic heterocycles. The van der Waals surface area contributed by atoms with Crippen molar-refractivity contribution in [3.63, 3.8) is 0 Å². The zero-order valence-electron chi connectivity index (χ0n) is 24.1. The molecule has 0 amide bonds. The van der Waals surface area contributed by atoms with Gasteiger partial charge in [-0.1, -0.05) is 51.7 Å². The van der Waals surface area contributed by atoms with Gasteiger partial charge in [-0.15, -0.1) is 0 Å². The number of aryl methyl sites for hydroxylation is 1. The molecule has 0 radical (unpaired) electrons. The van der Waals surface area contributed by atoms with Crippen molar-refractivity contribution in [1.82, 2.24) is 19.5 Å². The van der Waals surface area contributed by atoms with Gasteiger partial charge in [-0.25, -0.2) is 15.0 Å². The number of hydrogen-bond acceptors (Lipinski definition) is 9. The Hall–Kier alpha value is -4.65. The van der Waals surface area contributed by atoms with E-state index in [9.17, 15) is 9.59 Å². The molecule has 216 valence electrons. The van der Waals surface area contributed by atoms with Crippen LogP contribution in [-0.2, 0) is 25.5 Å². The number of esters is 2. The van der Waals surface area contributed by atoms with Gasteiger partial charge < -0.3 is 25.5 Å². The summed E-state index contributed by atoms with van der Waals surface area (Å²) in [5.74, 6) is 5.79. The number of pyridine rings is 1. The van der Waals surface area contributed by atoms with E-state index in [1.54, 1.807) is 33.8 Å². The molecule has 0 spiro atoms. The van der Waals surface area contributed by atoms with Crippen molar-refractivity contribution in [2.24, 2.45) is 23.2 Å². The molecule has 0 saturated heterocycles. The molecule has 1 saturated carbocycles. The van der Waals surface area contributed by atoms with Gasteiger partial charge in [-0.2, -0.15) is 0 Å². The topological polar surface area (TPSA) is 148 Å². The second-order valence-electron chi connectivity index (χ2n) is 11.8. The van der Waals surface area contributed by atoms with Crippen LogP contribution in [-0.4, -0.2) is 43.7 Å². The number of fused-ring (bicyclic) bond motifs is 3. The lowest BCUT2D eigenvalue weighted by molar-refractivity contribution is -0.176. The molecule has 6 rings (SSSR count). The molecule has 3 heterocycles. The molecule has 4 aromatic rings. The minimum absolute atomic E-state index is 0.270. The highest BCUT2D eigenvalue weighted by Crippen LogP contribution is 2.58. The normalized spacial score (nSPS) is 24.3. The quantitative estimate of drug-likeness (QED) is 0.238. The van der Waals surface area contributed by atoms with Crippen LogP contribution in [0.3, 0.4) is 0 Å². The molecule has 0 unspecified atom stereocenters. The first-order valence-corrected chi connectivity index (χ1v) is 14.2.